The molecule has 0 spiro atoms. The third kappa shape index (κ3) is 1.70. The molecule has 0 aliphatic heterocycles. The van der Waals surface area contributed by atoms with Crippen LogP contribution in [0.25, 0.3) is 10.9 Å². The van der Waals surface area contributed by atoms with Crippen LogP contribution in [0.15, 0.2) is 24.4 Å². The zero-order chi connectivity index (χ0) is 10.8. The average Bonchev–Trinajstić information content (AvgIpc) is 2.57. The normalized spacial score (nSPS) is 10.5. The third-order valence-corrected chi connectivity index (χ3v) is 2.62. The monoisotopic (exact) mass is 219 g/mol. The van der Waals surface area contributed by atoms with E-state index in [4.69, 9.17) is 22.6 Å². The fraction of sp³-hybridized carbons (Fsp3) is 0.182. The lowest BCUT2D eigenvalue weighted by Gasteiger charge is -1.98. The molecule has 0 saturated heterocycles. The molecule has 0 aliphatic carbocycles. The van der Waals surface area contributed by atoms with Gasteiger partial charge in [0.05, 0.1) is 11.6 Å². The summed E-state index contributed by atoms with van der Waals surface area (Å²) < 4.78 is 1.86. The van der Waals surface area contributed by atoms with Gasteiger partial charge in [-0.25, -0.2) is 0 Å². The maximum atomic E-state index is 8.70. The van der Waals surface area contributed by atoms with Gasteiger partial charge in [0.2, 0.25) is 0 Å². The Hall–Kier alpha value is -1.50. The van der Waals surface area contributed by atoms with Crippen molar-refractivity contribution < 1.29 is 0 Å². The molecule has 0 saturated carbocycles. The first-order valence-electron chi connectivity index (χ1n) is 4.60. The number of nitriles is 1. The van der Waals surface area contributed by atoms with Crippen molar-refractivity contribution in [1.29, 1.82) is 5.26 Å². The Kier molecular flexibility index (Phi) is 2.63. The van der Waals surface area contributed by atoms with Gasteiger partial charge in [0.25, 0.3) is 0 Å². The smallest absolute Gasteiger partial charge is 0.110 e. The number of hydrogen-bond acceptors (Lipinski definition) is 2. The molecule has 76 valence electrons. The molecule has 0 aliphatic rings. The summed E-state index contributed by atoms with van der Waals surface area (Å²) >= 11 is 5.92. The van der Waals surface area contributed by atoms with E-state index >= 15 is 0 Å². The fourth-order valence-electron chi connectivity index (χ4n) is 1.71. The van der Waals surface area contributed by atoms with Crippen molar-refractivity contribution in [2.24, 2.45) is 5.73 Å². The van der Waals surface area contributed by atoms with Crippen LogP contribution < -0.4 is 5.73 Å². The Labute approximate surface area is 92.7 Å². The quantitative estimate of drug-likeness (QED) is 0.843. The number of halogens is 1. The summed E-state index contributed by atoms with van der Waals surface area (Å²) in [6.45, 7) is 0.785. The van der Waals surface area contributed by atoms with Gasteiger partial charge in [-0.2, -0.15) is 5.26 Å². The highest BCUT2D eigenvalue weighted by Gasteiger charge is 2.07. The summed E-state index contributed by atoms with van der Waals surface area (Å²) in [5, 5.41) is 10.4. The van der Waals surface area contributed by atoms with E-state index in [0.29, 0.717) is 18.1 Å². The van der Waals surface area contributed by atoms with Crippen molar-refractivity contribution in [3.05, 3.63) is 35.0 Å². The summed E-state index contributed by atoms with van der Waals surface area (Å²) in [6.07, 6.45) is 1.91. The van der Waals surface area contributed by atoms with Crippen LogP contribution in [0.3, 0.4) is 0 Å². The molecular formula is C11H10ClN3. The van der Waals surface area contributed by atoms with Crippen LogP contribution in [0.2, 0.25) is 5.02 Å². The van der Waals surface area contributed by atoms with Crippen LogP contribution >= 0.6 is 11.6 Å². The van der Waals surface area contributed by atoms with E-state index in [-0.39, 0.29) is 0 Å². The van der Waals surface area contributed by atoms with Crippen molar-refractivity contribution in [1.82, 2.24) is 4.57 Å². The summed E-state index contributed by atoms with van der Waals surface area (Å²) in [6, 6.07) is 7.74. The van der Waals surface area contributed by atoms with Gasteiger partial charge in [-0.3, -0.25) is 0 Å². The van der Waals surface area contributed by atoms with Crippen molar-refractivity contribution >= 4 is 22.5 Å². The van der Waals surface area contributed by atoms with Crippen molar-refractivity contribution in [2.45, 2.75) is 13.1 Å². The zero-order valence-corrected chi connectivity index (χ0v) is 8.83. The Bertz CT molecular complexity index is 536. The van der Waals surface area contributed by atoms with E-state index in [1.807, 2.05) is 29.0 Å². The second kappa shape index (κ2) is 3.93. The summed E-state index contributed by atoms with van der Waals surface area (Å²) in [5.41, 5.74) is 7.64. The van der Waals surface area contributed by atoms with Crippen molar-refractivity contribution in [3.63, 3.8) is 0 Å². The first-order valence-corrected chi connectivity index (χ1v) is 4.98. The molecule has 15 heavy (non-hydrogen) atoms. The largest absolute Gasteiger partial charge is 0.333 e. The molecule has 1 aromatic heterocycles. The molecular weight excluding hydrogens is 210 g/mol. The lowest BCUT2D eigenvalue weighted by atomic mass is 10.2. The number of fused-ring (bicyclic) bond motifs is 1. The molecule has 0 unspecified atom stereocenters. The van der Waals surface area contributed by atoms with Crippen LogP contribution in [-0.2, 0) is 13.1 Å². The van der Waals surface area contributed by atoms with E-state index in [0.717, 1.165) is 16.5 Å². The molecule has 0 amide bonds. The van der Waals surface area contributed by atoms with Crippen molar-refractivity contribution in [2.75, 3.05) is 0 Å². The Morgan fingerprint density at radius 3 is 2.93 bits per heavy atom. The molecule has 4 heteroatoms. The SMILES string of the molecule is N#CCn1cc(CN)c2ccc(Cl)cc21. The van der Waals surface area contributed by atoms with E-state index in [1.165, 1.54) is 0 Å². The molecule has 2 aromatic rings. The van der Waals surface area contributed by atoms with Gasteiger partial charge in [-0.15, -0.1) is 0 Å². The minimum atomic E-state index is 0.316. The van der Waals surface area contributed by atoms with Gasteiger partial charge >= 0.3 is 0 Å². The Morgan fingerprint density at radius 2 is 2.27 bits per heavy atom. The number of rotatable bonds is 2. The molecule has 2 N–H and O–H groups in total. The van der Waals surface area contributed by atoms with E-state index in [9.17, 15) is 0 Å². The van der Waals surface area contributed by atoms with E-state index in [1.54, 1.807) is 0 Å². The van der Waals surface area contributed by atoms with Gasteiger partial charge in [-0.1, -0.05) is 17.7 Å². The number of nitrogens with zero attached hydrogens (tertiary/aromatic N) is 2. The zero-order valence-electron chi connectivity index (χ0n) is 8.07. The van der Waals surface area contributed by atoms with Crippen LogP contribution in [-0.4, -0.2) is 4.57 Å². The molecule has 1 aromatic carbocycles. The number of benzene rings is 1. The Balaban J connectivity index is 2.71. The second-order valence-electron chi connectivity index (χ2n) is 3.31. The highest BCUT2D eigenvalue weighted by molar-refractivity contribution is 6.31. The summed E-state index contributed by atoms with van der Waals surface area (Å²) in [7, 11) is 0. The van der Waals surface area contributed by atoms with Gasteiger partial charge in [0, 0.05) is 23.2 Å². The highest BCUT2D eigenvalue weighted by atomic mass is 35.5. The third-order valence-electron chi connectivity index (χ3n) is 2.39. The second-order valence-corrected chi connectivity index (χ2v) is 3.74. The standard InChI is InChI=1S/C11H10ClN3/c12-9-1-2-10-8(6-14)7-15(4-3-13)11(10)5-9/h1-2,5,7H,4,6,14H2. The van der Waals surface area contributed by atoms with Crippen LogP contribution in [0, 0.1) is 11.3 Å². The summed E-state index contributed by atoms with van der Waals surface area (Å²) in [4.78, 5) is 0. The molecule has 0 radical (unpaired) electrons. The topological polar surface area (TPSA) is 54.7 Å². The first-order chi connectivity index (χ1) is 7.26. The first kappa shape index (κ1) is 10.0. The van der Waals surface area contributed by atoms with Crippen LogP contribution in [0.1, 0.15) is 5.56 Å². The molecule has 2 rings (SSSR count). The molecule has 0 atom stereocenters. The number of hydrogen-bond donors (Lipinski definition) is 1. The predicted octanol–water partition coefficient (Wildman–Crippen LogP) is 2.28. The Morgan fingerprint density at radius 1 is 1.47 bits per heavy atom. The van der Waals surface area contributed by atoms with Gasteiger partial charge < -0.3 is 10.3 Å². The predicted molar refractivity (Wildman–Crippen MR) is 60.5 cm³/mol. The molecule has 3 nitrogen and oxygen atoms in total. The lowest BCUT2D eigenvalue weighted by molar-refractivity contribution is 0.865. The van der Waals surface area contributed by atoms with E-state index < -0.39 is 0 Å². The molecule has 0 fully saturated rings. The number of aromatic nitrogens is 1. The fourth-order valence-corrected chi connectivity index (χ4v) is 1.88. The summed E-state index contributed by atoms with van der Waals surface area (Å²) in [5.74, 6) is 0. The van der Waals surface area contributed by atoms with Crippen LogP contribution in [0.5, 0.6) is 0 Å². The maximum absolute atomic E-state index is 8.70. The minimum Gasteiger partial charge on any atom is -0.333 e. The van der Waals surface area contributed by atoms with Gasteiger partial charge in [0.1, 0.15) is 6.54 Å². The number of nitrogens with two attached hydrogens (primary N) is 1. The maximum Gasteiger partial charge on any atom is 0.110 e. The highest BCUT2D eigenvalue weighted by Crippen LogP contribution is 2.24. The molecule has 1 heterocycles. The van der Waals surface area contributed by atoms with Crippen LogP contribution in [0.4, 0.5) is 0 Å². The lowest BCUT2D eigenvalue weighted by Crippen LogP contribution is -1.95. The van der Waals surface area contributed by atoms with Crippen molar-refractivity contribution in [3.8, 4) is 6.07 Å². The van der Waals surface area contributed by atoms with Gasteiger partial charge in [0.15, 0.2) is 0 Å². The van der Waals surface area contributed by atoms with Gasteiger partial charge in [-0.05, 0) is 17.7 Å². The average molecular weight is 220 g/mol. The molecule has 0 bridgehead atoms. The minimum absolute atomic E-state index is 0.316. The van der Waals surface area contributed by atoms with E-state index in [2.05, 4.69) is 6.07 Å².